The largest absolute Gasteiger partial charge is 0.466 e. The van der Waals surface area contributed by atoms with Crippen molar-refractivity contribution in [1.82, 2.24) is 5.32 Å². The molecule has 3 N–H and O–H groups in total. The van der Waals surface area contributed by atoms with Crippen molar-refractivity contribution in [3.05, 3.63) is 0 Å². The molecule has 1 amide bonds. The number of esters is 1. The highest BCUT2D eigenvalue weighted by Gasteiger charge is 2.20. The average molecular weight is 907 g/mol. The molecular weight excluding hydrogens is 791 g/mol. The first kappa shape index (κ1) is 62.9. The number of aliphatic hydroxyl groups excluding tert-OH is 2. The zero-order chi connectivity index (χ0) is 46.5. The van der Waals surface area contributed by atoms with Crippen LogP contribution in [0.2, 0.25) is 0 Å². The van der Waals surface area contributed by atoms with Gasteiger partial charge in [-0.2, -0.15) is 0 Å². The maximum Gasteiger partial charge on any atom is 0.305 e. The Balaban J connectivity index is 3.32. The van der Waals surface area contributed by atoms with Gasteiger partial charge in [0.05, 0.1) is 25.4 Å². The number of unbranched alkanes of at least 4 members (excludes halogenated alkanes) is 44. The molecule has 0 bridgehead atoms. The SMILES string of the molecule is CCCCCCCCCCCCCCCCCCCC(=O)OCCCCCCCCCCCCCCCCCCCCCCCC(=O)NC(CO)C(O)CCCCCCCCCCC. The number of carbonyl (C=O) groups excluding carboxylic acids is 2. The molecule has 0 saturated carbocycles. The summed E-state index contributed by atoms with van der Waals surface area (Å²) >= 11 is 0. The molecular formula is C58H115NO5. The van der Waals surface area contributed by atoms with Crippen LogP contribution in [0.4, 0.5) is 0 Å². The smallest absolute Gasteiger partial charge is 0.305 e. The van der Waals surface area contributed by atoms with E-state index < -0.39 is 12.1 Å². The highest BCUT2D eigenvalue weighted by Crippen LogP contribution is 2.18. The number of nitrogens with one attached hydrogen (secondary N) is 1. The minimum atomic E-state index is -0.661. The van der Waals surface area contributed by atoms with Gasteiger partial charge in [0.25, 0.3) is 0 Å². The summed E-state index contributed by atoms with van der Waals surface area (Å²) in [5.74, 6) is -0.0201. The predicted octanol–water partition coefficient (Wildman–Crippen LogP) is 17.9. The summed E-state index contributed by atoms with van der Waals surface area (Å²) in [6.45, 7) is 4.95. The molecule has 0 spiro atoms. The molecule has 0 aromatic rings. The Kier molecular flexibility index (Phi) is 53.5. The highest BCUT2D eigenvalue weighted by molar-refractivity contribution is 5.76. The van der Waals surface area contributed by atoms with Gasteiger partial charge in [0.15, 0.2) is 0 Å². The van der Waals surface area contributed by atoms with Gasteiger partial charge in [0, 0.05) is 12.8 Å². The molecule has 2 atom stereocenters. The summed E-state index contributed by atoms with van der Waals surface area (Å²) < 4.78 is 5.49. The van der Waals surface area contributed by atoms with Gasteiger partial charge in [-0.15, -0.1) is 0 Å². The zero-order valence-corrected chi connectivity index (χ0v) is 43.5. The number of hydrogen-bond acceptors (Lipinski definition) is 5. The van der Waals surface area contributed by atoms with Gasteiger partial charge in [0.1, 0.15) is 0 Å². The van der Waals surface area contributed by atoms with E-state index in [0.29, 0.717) is 25.9 Å². The number of hydrogen-bond donors (Lipinski definition) is 3. The first-order chi connectivity index (χ1) is 31.5. The second-order valence-electron chi connectivity index (χ2n) is 20.3. The van der Waals surface area contributed by atoms with Gasteiger partial charge in [-0.25, -0.2) is 0 Å². The van der Waals surface area contributed by atoms with Crippen LogP contribution in [0.5, 0.6) is 0 Å². The van der Waals surface area contributed by atoms with Crippen LogP contribution in [0.15, 0.2) is 0 Å². The van der Waals surface area contributed by atoms with Crippen molar-refractivity contribution in [1.29, 1.82) is 0 Å². The molecule has 64 heavy (non-hydrogen) atoms. The lowest BCUT2D eigenvalue weighted by Crippen LogP contribution is -2.45. The van der Waals surface area contributed by atoms with Crippen LogP contribution in [0.1, 0.15) is 335 Å². The summed E-state index contributed by atoms with van der Waals surface area (Å²) in [4.78, 5) is 24.5. The van der Waals surface area contributed by atoms with Gasteiger partial charge < -0.3 is 20.3 Å². The van der Waals surface area contributed by atoms with E-state index in [-0.39, 0.29) is 18.5 Å². The van der Waals surface area contributed by atoms with E-state index in [1.807, 2.05) is 0 Å². The number of ether oxygens (including phenoxy) is 1. The van der Waals surface area contributed by atoms with Crippen molar-refractivity contribution in [3.8, 4) is 0 Å². The average Bonchev–Trinajstić information content (AvgIpc) is 3.29. The molecule has 0 aromatic carbocycles. The van der Waals surface area contributed by atoms with E-state index in [2.05, 4.69) is 19.2 Å². The maximum absolute atomic E-state index is 12.4. The third-order valence-corrected chi connectivity index (χ3v) is 13.9. The monoisotopic (exact) mass is 906 g/mol. The van der Waals surface area contributed by atoms with E-state index in [1.165, 1.54) is 263 Å². The Morgan fingerprint density at radius 1 is 0.375 bits per heavy atom. The van der Waals surface area contributed by atoms with Crippen molar-refractivity contribution in [2.75, 3.05) is 13.2 Å². The topological polar surface area (TPSA) is 95.9 Å². The summed E-state index contributed by atoms with van der Waals surface area (Å²) in [5.41, 5.74) is 0. The first-order valence-corrected chi connectivity index (χ1v) is 29.3. The van der Waals surface area contributed by atoms with E-state index in [1.54, 1.807) is 0 Å². The van der Waals surface area contributed by atoms with E-state index in [0.717, 1.165) is 38.5 Å². The Hall–Kier alpha value is -1.14. The minimum Gasteiger partial charge on any atom is -0.466 e. The van der Waals surface area contributed by atoms with Crippen molar-refractivity contribution >= 4 is 11.9 Å². The molecule has 0 aromatic heterocycles. The lowest BCUT2D eigenvalue weighted by atomic mass is 10.0. The zero-order valence-electron chi connectivity index (χ0n) is 43.5. The molecule has 0 aliphatic heterocycles. The summed E-state index contributed by atoms with van der Waals surface area (Å²) in [6.07, 6.45) is 62.5. The fraction of sp³-hybridized carbons (Fsp3) is 0.966. The van der Waals surface area contributed by atoms with Crippen molar-refractivity contribution in [2.45, 2.75) is 347 Å². The molecule has 0 saturated heterocycles. The van der Waals surface area contributed by atoms with Crippen LogP contribution in [0.3, 0.4) is 0 Å². The molecule has 0 fully saturated rings. The maximum atomic E-state index is 12.4. The Labute approximate surface area is 400 Å². The summed E-state index contributed by atoms with van der Waals surface area (Å²) in [5, 5.41) is 23.1. The van der Waals surface area contributed by atoms with Crippen LogP contribution in [0.25, 0.3) is 0 Å². The first-order valence-electron chi connectivity index (χ1n) is 29.3. The third kappa shape index (κ3) is 50.3. The van der Waals surface area contributed by atoms with Gasteiger partial charge >= 0.3 is 5.97 Å². The second-order valence-corrected chi connectivity index (χ2v) is 20.3. The molecule has 0 rings (SSSR count). The fourth-order valence-corrected chi connectivity index (χ4v) is 9.41. The van der Waals surface area contributed by atoms with Crippen molar-refractivity contribution < 1.29 is 24.5 Å². The van der Waals surface area contributed by atoms with Crippen LogP contribution in [0, 0.1) is 0 Å². The molecule has 2 unspecified atom stereocenters. The Morgan fingerprint density at radius 3 is 0.953 bits per heavy atom. The van der Waals surface area contributed by atoms with Gasteiger partial charge in [-0.05, 0) is 25.7 Å². The molecule has 0 radical (unpaired) electrons. The summed E-state index contributed by atoms with van der Waals surface area (Å²) in [7, 11) is 0. The normalized spacial score (nSPS) is 12.5. The van der Waals surface area contributed by atoms with E-state index in [9.17, 15) is 19.8 Å². The number of carbonyl (C=O) groups is 2. The molecule has 0 heterocycles. The van der Waals surface area contributed by atoms with Crippen molar-refractivity contribution in [3.63, 3.8) is 0 Å². The highest BCUT2D eigenvalue weighted by atomic mass is 16.5. The lowest BCUT2D eigenvalue weighted by molar-refractivity contribution is -0.143. The third-order valence-electron chi connectivity index (χ3n) is 13.9. The fourth-order valence-electron chi connectivity index (χ4n) is 9.41. The number of aliphatic hydroxyl groups is 2. The molecule has 0 aliphatic rings. The van der Waals surface area contributed by atoms with Crippen LogP contribution >= 0.6 is 0 Å². The number of rotatable bonds is 55. The van der Waals surface area contributed by atoms with Crippen LogP contribution < -0.4 is 5.32 Å². The van der Waals surface area contributed by atoms with Crippen LogP contribution in [-0.4, -0.2) is 47.4 Å². The van der Waals surface area contributed by atoms with Crippen LogP contribution in [-0.2, 0) is 14.3 Å². The summed E-state index contributed by atoms with van der Waals surface area (Å²) in [6, 6.07) is -0.538. The standard InChI is InChI=1S/C58H115NO5/c1-3-5-7-9-11-13-14-15-16-22-26-29-32-36-40-44-48-52-58(63)64-53-49-45-41-37-33-30-27-24-21-19-17-18-20-23-25-28-31-35-39-43-47-51-57(62)59-55(54-60)56(61)50-46-42-38-34-12-10-8-6-4-2/h55-56,60-61H,3-54H2,1-2H3,(H,59,62). The lowest BCUT2D eigenvalue weighted by Gasteiger charge is -2.22. The quantitative estimate of drug-likeness (QED) is 0.0417. The Morgan fingerprint density at radius 2 is 0.641 bits per heavy atom. The Bertz CT molecular complexity index is 913. The van der Waals surface area contributed by atoms with Gasteiger partial charge in [-0.3, -0.25) is 9.59 Å². The van der Waals surface area contributed by atoms with Gasteiger partial charge in [0.2, 0.25) is 5.91 Å². The molecule has 6 heteroatoms. The number of amides is 1. The molecule has 6 nitrogen and oxygen atoms in total. The van der Waals surface area contributed by atoms with E-state index in [4.69, 9.17) is 4.74 Å². The predicted molar refractivity (Wildman–Crippen MR) is 278 cm³/mol. The molecule has 0 aliphatic carbocycles. The second kappa shape index (κ2) is 54.5. The van der Waals surface area contributed by atoms with E-state index >= 15 is 0 Å². The minimum absolute atomic E-state index is 0.0166. The molecule has 382 valence electrons. The van der Waals surface area contributed by atoms with Gasteiger partial charge in [-0.1, -0.05) is 296 Å². The van der Waals surface area contributed by atoms with Crippen molar-refractivity contribution in [2.24, 2.45) is 0 Å².